The van der Waals surface area contributed by atoms with Crippen molar-refractivity contribution in [1.29, 1.82) is 0 Å². The molecule has 1 heterocycles. The predicted molar refractivity (Wildman–Crippen MR) is 80.9 cm³/mol. The lowest BCUT2D eigenvalue weighted by molar-refractivity contribution is -0.173. The van der Waals surface area contributed by atoms with Gasteiger partial charge in [0.1, 0.15) is 13.3 Å². The van der Waals surface area contributed by atoms with E-state index in [4.69, 9.17) is 14.2 Å². The van der Waals surface area contributed by atoms with Gasteiger partial charge in [0.25, 0.3) is 0 Å². The third-order valence-corrected chi connectivity index (χ3v) is 12.1. The van der Waals surface area contributed by atoms with Crippen molar-refractivity contribution in [3.8, 4) is 0 Å². The number of carbonyl (C=O) groups excluding carboxylic acids is 3. The van der Waals surface area contributed by atoms with Crippen molar-refractivity contribution in [2.45, 2.75) is 56.7 Å². The van der Waals surface area contributed by atoms with E-state index in [1.807, 2.05) is 0 Å². The molecule has 2 aliphatic rings. The summed E-state index contributed by atoms with van der Waals surface area (Å²) in [4.78, 5) is 37.7. The van der Waals surface area contributed by atoms with Crippen LogP contribution >= 0.6 is 0 Å². The molecule has 22 heavy (non-hydrogen) atoms. The summed E-state index contributed by atoms with van der Waals surface area (Å²) >= 11 is 0. The molecule has 1 saturated carbocycles. The fraction of sp³-hybridized carbons (Fsp3) is 0.800. The van der Waals surface area contributed by atoms with Gasteiger partial charge in [-0.2, -0.15) is 0 Å². The average molecular weight is 328 g/mol. The molecule has 2 atom stereocenters. The molecule has 0 bridgehead atoms. The maximum Gasteiger partial charge on any atom is 0.331 e. The maximum atomic E-state index is 13.2. The van der Waals surface area contributed by atoms with Crippen LogP contribution in [0.4, 0.5) is 0 Å². The van der Waals surface area contributed by atoms with E-state index in [-0.39, 0.29) is 12.5 Å². The van der Waals surface area contributed by atoms with E-state index in [1.165, 1.54) is 14.2 Å². The lowest BCUT2D eigenvalue weighted by atomic mass is 9.84. The van der Waals surface area contributed by atoms with Crippen molar-refractivity contribution in [1.82, 2.24) is 0 Å². The fourth-order valence-corrected chi connectivity index (χ4v) is 9.24. The minimum absolute atomic E-state index is 0.0416. The summed E-state index contributed by atoms with van der Waals surface area (Å²) in [7, 11) is 0.274. The largest absolute Gasteiger partial charge is 0.468 e. The zero-order valence-corrected chi connectivity index (χ0v) is 14.9. The molecule has 0 aromatic carbocycles. The van der Waals surface area contributed by atoms with Crippen LogP contribution in [0.5, 0.6) is 0 Å². The smallest absolute Gasteiger partial charge is 0.331 e. The van der Waals surface area contributed by atoms with E-state index >= 15 is 0 Å². The predicted octanol–water partition coefficient (Wildman–Crippen LogP) is 1.48. The van der Waals surface area contributed by atoms with Crippen molar-refractivity contribution < 1.29 is 28.6 Å². The highest BCUT2D eigenvalue weighted by Crippen LogP contribution is 2.62. The lowest BCUT2D eigenvalue weighted by Crippen LogP contribution is -2.59. The van der Waals surface area contributed by atoms with Gasteiger partial charge in [0.15, 0.2) is 5.78 Å². The Morgan fingerprint density at radius 1 is 1.14 bits per heavy atom. The second-order valence-electron chi connectivity index (χ2n) is 6.10. The number of rotatable bonds is 6. The SMILES string of the molecule is CC[Si](CC)(CC)[C@]12O[C@H]1CC(C(=O)OC)(C(=O)OC)C2=O. The Morgan fingerprint density at radius 2 is 1.59 bits per heavy atom. The van der Waals surface area contributed by atoms with Gasteiger partial charge in [-0.3, -0.25) is 14.4 Å². The number of carbonyl (C=O) groups is 3. The van der Waals surface area contributed by atoms with Crippen LogP contribution in [0.2, 0.25) is 18.1 Å². The first kappa shape index (κ1) is 17.1. The lowest BCUT2D eigenvalue weighted by Gasteiger charge is -2.35. The van der Waals surface area contributed by atoms with E-state index in [1.54, 1.807) is 0 Å². The van der Waals surface area contributed by atoms with Crippen LogP contribution < -0.4 is 0 Å². The third-order valence-electron chi connectivity index (χ3n) is 5.83. The minimum atomic E-state index is -2.09. The van der Waals surface area contributed by atoms with E-state index in [0.29, 0.717) is 0 Å². The average Bonchev–Trinajstić information content (AvgIpc) is 3.21. The summed E-state index contributed by atoms with van der Waals surface area (Å²) < 4.78 is 15.3. The van der Waals surface area contributed by atoms with Crippen molar-refractivity contribution in [3.05, 3.63) is 0 Å². The Morgan fingerprint density at radius 3 is 1.95 bits per heavy atom. The molecule has 0 aromatic rings. The zero-order chi connectivity index (χ0) is 16.8. The highest BCUT2D eigenvalue weighted by atomic mass is 28.3. The molecule has 1 aliphatic carbocycles. The number of ketones is 1. The summed E-state index contributed by atoms with van der Waals surface area (Å²) in [6.45, 7) is 6.20. The van der Waals surface area contributed by atoms with Crippen LogP contribution in [-0.4, -0.2) is 51.3 Å². The molecular weight excluding hydrogens is 304 g/mol. The van der Waals surface area contributed by atoms with Crippen LogP contribution in [0.25, 0.3) is 0 Å². The van der Waals surface area contributed by atoms with Crippen molar-refractivity contribution in [3.63, 3.8) is 0 Å². The van der Waals surface area contributed by atoms with Crippen LogP contribution in [-0.2, 0) is 28.6 Å². The second-order valence-corrected chi connectivity index (χ2v) is 11.5. The van der Waals surface area contributed by atoms with E-state index in [2.05, 4.69) is 20.8 Å². The molecular formula is C15H24O6Si. The first-order valence-corrected chi connectivity index (χ1v) is 10.4. The van der Waals surface area contributed by atoms with Gasteiger partial charge in [-0.1, -0.05) is 38.9 Å². The fourth-order valence-electron chi connectivity index (χ4n) is 4.29. The van der Waals surface area contributed by atoms with Gasteiger partial charge in [0, 0.05) is 6.42 Å². The van der Waals surface area contributed by atoms with Crippen molar-refractivity contribution in [2.75, 3.05) is 14.2 Å². The summed E-state index contributed by atoms with van der Waals surface area (Å²) in [5.74, 6) is -2.09. The highest BCUT2D eigenvalue weighted by molar-refractivity contribution is 6.87. The second kappa shape index (κ2) is 5.45. The number of hydrogen-bond acceptors (Lipinski definition) is 6. The Bertz CT molecular complexity index is 488. The first-order valence-electron chi connectivity index (χ1n) is 7.76. The minimum Gasteiger partial charge on any atom is -0.468 e. The van der Waals surface area contributed by atoms with E-state index in [0.717, 1.165) is 18.1 Å². The van der Waals surface area contributed by atoms with Crippen LogP contribution in [0.1, 0.15) is 27.2 Å². The topological polar surface area (TPSA) is 82.2 Å². The summed E-state index contributed by atoms with van der Waals surface area (Å²) in [6.07, 6.45) is -0.315. The van der Waals surface area contributed by atoms with Gasteiger partial charge in [-0.05, 0) is 0 Å². The number of hydrogen-bond donors (Lipinski definition) is 0. The van der Waals surface area contributed by atoms with Gasteiger partial charge in [-0.15, -0.1) is 0 Å². The van der Waals surface area contributed by atoms with Gasteiger partial charge in [-0.25, -0.2) is 0 Å². The molecule has 0 aromatic heterocycles. The molecule has 0 spiro atoms. The Labute approximate surface area is 131 Å². The van der Waals surface area contributed by atoms with E-state index < -0.39 is 36.4 Å². The molecule has 2 rings (SSSR count). The number of Topliss-reactive ketones (excluding diaryl/α,β-unsaturated/α-hetero) is 1. The summed E-state index contributed by atoms with van der Waals surface area (Å²) in [5, 5.41) is -0.923. The number of epoxide rings is 1. The number of methoxy groups -OCH3 is 2. The standard InChI is InChI=1S/C15H24O6Si/c1-6-22(7-2,8-3)15-10(21-15)9-14(11(15)16,12(17)19-4)13(18)20-5/h10H,6-9H2,1-5H3/t10-,15+/m0/s1. The molecule has 0 radical (unpaired) electrons. The van der Waals surface area contributed by atoms with E-state index in [9.17, 15) is 14.4 Å². The number of fused-ring (bicyclic) bond motifs is 1. The molecule has 0 amide bonds. The third kappa shape index (κ3) is 1.72. The Kier molecular flexibility index (Phi) is 4.25. The first-order chi connectivity index (χ1) is 10.4. The molecule has 0 N–H and O–H groups in total. The molecule has 0 unspecified atom stereocenters. The Balaban J connectivity index is 2.53. The van der Waals surface area contributed by atoms with Crippen molar-refractivity contribution >= 4 is 25.8 Å². The van der Waals surface area contributed by atoms with Gasteiger partial charge < -0.3 is 14.2 Å². The van der Waals surface area contributed by atoms with Crippen molar-refractivity contribution in [2.24, 2.45) is 5.41 Å². The van der Waals surface area contributed by atoms with Gasteiger partial charge >= 0.3 is 11.9 Å². The molecule has 2 fully saturated rings. The molecule has 6 nitrogen and oxygen atoms in total. The molecule has 124 valence electrons. The summed E-state index contributed by atoms with van der Waals surface area (Å²) in [6, 6.07) is 2.63. The zero-order valence-electron chi connectivity index (χ0n) is 13.9. The van der Waals surface area contributed by atoms with Crippen LogP contribution in [0.15, 0.2) is 0 Å². The van der Waals surface area contributed by atoms with Gasteiger partial charge in [0.2, 0.25) is 5.41 Å². The number of ether oxygens (including phenoxy) is 3. The maximum absolute atomic E-state index is 13.2. The van der Waals surface area contributed by atoms with Gasteiger partial charge in [0.05, 0.1) is 20.3 Å². The Hall–Kier alpha value is -1.21. The molecule has 1 saturated heterocycles. The number of esters is 2. The monoisotopic (exact) mass is 328 g/mol. The van der Waals surface area contributed by atoms with Crippen LogP contribution in [0, 0.1) is 5.41 Å². The normalized spacial score (nSPS) is 29.0. The van der Waals surface area contributed by atoms with Crippen LogP contribution in [0.3, 0.4) is 0 Å². The summed E-state index contributed by atoms with van der Waals surface area (Å²) in [5.41, 5.74) is -1.84. The molecule has 7 heteroatoms. The molecule has 1 aliphatic heterocycles. The highest BCUT2D eigenvalue weighted by Gasteiger charge is 2.84. The quantitative estimate of drug-likeness (QED) is 0.318.